The van der Waals surface area contributed by atoms with Gasteiger partial charge in [-0.15, -0.1) is 11.3 Å². The number of hydrogen-bond acceptors (Lipinski definition) is 8. The van der Waals surface area contributed by atoms with Crippen LogP contribution in [0.1, 0.15) is 17.3 Å². The van der Waals surface area contributed by atoms with Crippen molar-refractivity contribution in [2.75, 3.05) is 11.9 Å². The Kier molecular flexibility index (Phi) is 5.91. The van der Waals surface area contributed by atoms with E-state index in [2.05, 4.69) is 15.3 Å². The van der Waals surface area contributed by atoms with E-state index < -0.39 is 11.9 Å². The highest BCUT2D eigenvalue weighted by atomic mass is 32.1. The Morgan fingerprint density at radius 2 is 1.91 bits per heavy atom. The molecule has 0 bridgehead atoms. The van der Waals surface area contributed by atoms with Crippen molar-refractivity contribution >= 4 is 60.1 Å². The number of anilines is 1. The second kappa shape index (κ2) is 9.16. The smallest absolute Gasteiger partial charge is 0.338 e. The van der Waals surface area contributed by atoms with Gasteiger partial charge in [0.15, 0.2) is 5.13 Å². The van der Waals surface area contributed by atoms with Crippen molar-refractivity contribution in [3.8, 4) is 10.4 Å². The van der Waals surface area contributed by atoms with E-state index in [-0.39, 0.29) is 12.1 Å². The summed E-state index contributed by atoms with van der Waals surface area (Å²) < 4.78 is 7.05. The predicted octanol–water partition coefficient (Wildman–Crippen LogP) is 4.55. The fourth-order valence-corrected chi connectivity index (χ4v) is 5.37. The quantitative estimate of drug-likeness (QED) is 0.350. The van der Waals surface area contributed by atoms with Gasteiger partial charge in [0, 0.05) is 4.88 Å². The van der Waals surface area contributed by atoms with Crippen LogP contribution >= 0.6 is 22.7 Å². The monoisotopic (exact) mass is 490 g/mol. The zero-order valence-electron chi connectivity index (χ0n) is 18.0. The lowest BCUT2D eigenvalue weighted by Gasteiger charge is -2.04. The predicted molar refractivity (Wildman–Crippen MR) is 134 cm³/mol. The zero-order chi connectivity index (χ0) is 23.7. The number of aromatic nitrogens is 3. The summed E-state index contributed by atoms with van der Waals surface area (Å²) in [6, 6.07) is 16.6. The summed E-state index contributed by atoms with van der Waals surface area (Å²) in [5, 5.41) is 3.58. The van der Waals surface area contributed by atoms with Crippen LogP contribution in [0.5, 0.6) is 0 Å². The molecule has 0 aliphatic carbocycles. The van der Waals surface area contributed by atoms with E-state index in [0.717, 1.165) is 15.1 Å². The van der Waals surface area contributed by atoms with E-state index in [1.54, 1.807) is 25.1 Å². The first-order chi connectivity index (χ1) is 16.5. The lowest BCUT2D eigenvalue weighted by Crippen LogP contribution is -2.27. The molecule has 0 spiro atoms. The van der Waals surface area contributed by atoms with E-state index in [9.17, 15) is 14.4 Å². The summed E-state index contributed by atoms with van der Waals surface area (Å²) in [4.78, 5) is 47.8. The van der Waals surface area contributed by atoms with Gasteiger partial charge in [-0.05, 0) is 36.8 Å². The van der Waals surface area contributed by atoms with E-state index >= 15 is 0 Å². The van der Waals surface area contributed by atoms with Crippen LogP contribution < -0.4 is 10.9 Å². The second-order valence-corrected chi connectivity index (χ2v) is 9.40. The summed E-state index contributed by atoms with van der Waals surface area (Å²) in [5.41, 5.74) is 1.81. The summed E-state index contributed by atoms with van der Waals surface area (Å²) in [6.07, 6.45) is 1.39. The molecule has 5 rings (SSSR count). The molecule has 0 atom stereocenters. The van der Waals surface area contributed by atoms with Crippen LogP contribution in [0, 0.1) is 0 Å². The van der Waals surface area contributed by atoms with Gasteiger partial charge in [-0.3, -0.25) is 14.2 Å². The van der Waals surface area contributed by atoms with Crippen LogP contribution in [0.3, 0.4) is 0 Å². The summed E-state index contributed by atoms with van der Waals surface area (Å²) in [6.45, 7) is 1.85. The molecule has 1 N–H and O–H groups in total. The number of ether oxygens (including phenoxy) is 1. The standard InChI is InChI=1S/C24H18N4O4S2/c1-2-32-23(31)15-8-9-17-19(10-15)34-24(26-17)27-20(29)12-28-13-25-21-16(22(28)30)11-18(33-21)14-6-4-3-5-7-14/h3-11,13H,2,12H2,1H3,(H,26,27,29). The highest BCUT2D eigenvalue weighted by Crippen LogP contribution is 2.30. The number of nitrogens with one attached hydrogen (secondary N) is 1. The third-order valence-corrected chi connectivity index (χ3v) is 7.06. The summed E-state index contributed by atoms with van der Waals surface area (Å²) in [7, 11) is 0. The SMILES string of the molecule is CCOC(=O)c1ccc2nc(NC(=O)Cn3cnc4sc(-c5ccccc5)cc4c3=O)sc2c1. The fraction of sp³-hybridized carbons (Fsp3) is 0.125. The molecule has 0 aliphatic rings. The summed E-state index contributed by atoms with van der Waals surface area (Å²) >= 11 is 2.68. The molecule has 0 saturated carbocycles. The molecule has 3 aromatic heterocycles. The van der Waals surface area contributed by atoms with Crippen molar-refractivity contribution in [2.24, 2.45) is 0 Å². The zero-order valence-corrected chi connectivity index (χ0v) is 19.6. The average molecular weight is 491 g/mol. The molecule has 0 unspecified atom stereocenters. The van der Waals surface area contributed by atoms with Gasteiger partial charge in [-0.2, -0.15) is 0 Å². The number of amides is 1. The third kappa shape index (κ3) is 4.33. The molecule has 10 heteroatoms. The molecule has 1 amide bonds. The number of carbonyl (C=O) groups excluding carboxylic acids is 2. The first-order valence-corrected chi connectivity index (χ1v) is 12.1. The lowest BCUT2D eigenvalue weighted by atomic mass is 10.2. The van der Waals surface area contributed by atoms with E-state index in [1.807, 2.05) is 36.4 Å². The van der Waals surface area contributed by atoms with Gasteiger partial charge >= 0.3 is 5.97 Å². The minimum atomic E-state index is -0.408. The van der Waals surface area contributed by atoms with Crippen LogP contribution in [0.15, 0.2) is 65.7 Å². The van der Waals surface area contributed by atoms with E-state index in [4.69, 9.17) is 4.74 Å². The highest BCUT2D eigenvalue weighted by Gasteiger charge is 2.15. The molecule has 0 fully saturated rings. The number of esters is 1. The molecule has 0 radical (unpaired) electrons. The van der Waals surface area contributed by atoms with Gasteiger partial charge in [0.05, 0.1) is 34.1 Å². The maximum atomic E-state index is 12.9. The van der Waals surface area contributed by atoms with Gasteiger partial charge in [0.2, 0.25) is 5.91 Å². The van der Waals surface area contributed by atoms with Crippen molar-refractivity contribution in [3.63, 3.8) is 0 Å². The van der Waals surface area contributed by atoms with Gasteiger partial charge in [-0.25, -0.2) is 14.8 Å². The molecule has 0 aliphatic heterocycles. The summed E-state index contributed by atoms with van der Waals surface area (Å²) in [5.74, 6) is -0.805. The number of nitrogens with zero attached hydrogens (tertiary/aromatic N) is 3. The number of thiazole rings is 1. The molecular formula is C24H18N4O4S2. The van der Waals surface area contributed by atoms with Crippen molar-refractivity contribution in [3.05, 3.63) is 76.8 Å². The average Bonchev–Trinajstić information content (AvgIpc) is 3.45. The molecule has 8 nitrogen and oxygen atoms in total. The Morgan fingerprint density at radius 1 is 1.09 bits per heavy atom. The molecule has 2 aromatic carbocycles. The maximum absolute atomic E-state index is 12.9. The maximum Gasteiger partial charge on any atom is 0.338 e. The Labute approximate surface area is 201 Å². The van der Waals surface area contributed by atoms with Crippen LogP contribution in [0.25, 0.3) is 30.9 Å². The topological polar surface area (TPSA) is 103 Å². The number of carbonyl (C=O) groups is 2. The van der Waals surface area contributed by atoms with Crippen molar-refractivity contribution in [2.45, 2.75) is 13.5 Å². The van der Waals surface area contributed by atoms with Crippen LogP contribution in [-0.4, -0.2) is 33.0 Å². The van der Waals surface area contributed by atoms with Crippen LogP contribution in [0.2, 0.25) is 0 Å². The number of thiophene rings is 1. The van der Waals surface area contributed by atoms with Crippen LogP contribution in [0.4, 0.5) is 5.13 Å². The van der Waals surface area contributed by atoms with Gasteiger partial charge in [0.1, 0.15) is 11.4 Å². The van der Waals surface area contributed by atoms with Gasteiger partial charge in [0.25, 0.3) is 5.56 Å². The molecule has 5 aromatic rings. The number of benzene rings is 2. The Bertz CT molecular complexity index is 1590. The van der Waals surface area contributed by atoms with Gasteiger partial charge in [-0.1, -0.05) is 41.7 Å². The minimum absolute atomic E-state index is 0.192. The first kappa shape index (κ1) is 21.9. The Hall–Kier alpha value is -3.89. The lowest BCUT2D eigenvalue weighted by molar-refractivity contribution is -0.116. The van der Waals surface area contributed by atoms with E-state index in [1.165, 1.54) is 33.6 Å². The van der Waals surface area contributed by atoms with E-state index in [0.29, 0.717) is 33.0 Å². The third-order valence-electron chi connectivity index (χ3n) is 5.04. The van der Waals surface area contributed by atoms with Crippen molar-refractivity contribution in [1.82, 2.24) is 14.5 Å². The molecular weight excluding hydrogens is 472 g/mol. The normalized spacial score (nSPS) is 11.1. The Morgan fingerprint density at radius 3 is 2.71 bits per heavy atom. The number of rotatable bonds is 6. The highest BCUT2D eigenvalue weighted by molar-refractivity contribution is 7.22. The second-order valence-electron chi connectivity index (χ2n) is 7.34. The van der Waals surface area contributed by atoms with Crippen LogP contribution in [-0.2, 0) is 16.1 Å². The number of hydrogen-bond donors (Lipinski definition) is 1. The fourth-order valence-electron chi connectivity index (χ4n) is 3.45. The molecule has 170 valence electrons. The van der Waals surface area contributed by atoms with Crippen molar-refractivity contribution in [1.29, 1.82) is 0 Å². The molecule has 3 heterocycles. The van der Waals surface area contributed by atoms with Crippen molar-refractivity contribution < 1.29 is 14.3 Å². The molecule has 34 heavy (non-hydrogen) atoms. The number of fused-ring (bicyclic) bond motifs is 2. The minimum Gasteiger partial charge on any atom is -0.462 e. The first-order valence-electron chi connectivity index (χ1n) is 10.4. The molecule has 0 saturated heterocycles. The largest absolute Gasteiger partial charge is 0.462 e. The van der Waals surface area contributed by atoms with Gasteiger partial charge < -0.3 is 10.1 Å². The Balaban J connectivity index is 1.34.